The number of carbonyl (C=O) groups excluding carboxylic acids is 1. The molecule has 3 rings (SSSR count). The second-order valence-corrected chi connectivity index (χ2v) is 9.99. The van der Waals surface area contributed by atoms with E-state index in [-0.39, 0.29) is 17.1 Å². The molecule has 10 atom stereocenters. The molecule has 0 aromatic heterocycles. The van der Waals surface area contributed by atoms with Gasteiger partial charge in [0.25, 0.3) is 0 Å². The molecule has 216 valence electrons. The number of methoxy groups -OCH3 is 1. The van der Waals surface area contributed by atoms with Gasteiger partial charge in [-0.25, -0.2) is 4.79 Å². The number of aliphatic hydroxyl groups is 7. The lowest BCUT2D eigenvalue weighted by atomic mass is 9.97. The Morgan fingerprint density at radius 2 is 1.45 bits per heavy atom. The predicted molar refractivity (Wildman–Crippen MR) is 125 cm³/mol. The molecular weight excluding hydrogens is 512 g/mol. The standard InChI is InChI=1S/C24H36O14/c1-24(2,3)38-21(32)10-5-6-11(12(7-10)33-4)34-22-19(31)17(29)20(14(9-26)36-22)37-23-18(30)16(28)15(27)13(8-25)35-23/h5-7,13-20,22-23,25-31H,8-9H2,1-4H3/t13-,14-,15+,16+,17-,18-,19-,20-,22-,23+/m1/s1. The van der Waals surface area contributed by atoms with Gasteiger partial charge < -0.3 is 64.2 Å². The smallest absolute Gasteiger partial charge is 0.338 e. The zero-order valence-electron chi connectivity index (χ0n) is 21.4. The van der Waals surface area contributed by atoms with Gasteiger partial charge >= 0.3 is 5.97 Å². The minimum atomic E-state index is -1.78. The summed E-state index contributed by atoms with van der Waals surface area (Å²) in [6.07, 6.45) is -15.9. The van der Waals surface area contributed by atoms with Crippen LogP contribution in [0.25, 0.3) is 0 Å². The van der Waals surface area contributed by atoms with Gasteiger partial charge in [-0.15, -0.1) is 0 Å². The fraction of sp³-hybridized carbons (Fsp3) is 0.708. The molecule has 14 nitrogen and oxygen atoms in total. The molecular formula is C24H36O14. The topological polar surface area (TPSA) is 214 Å². The third kappa shape index (κ3) is 6.71. The van der Waals surface area contributed by atoms with Gasteiger partial charge in [-0.2, -0.15) is 0 Å². The Bertz CT molecular complexity index is 931. The molecule has 0 bridgehead atoms. The van der Waals surface area contributed by atoms with Crippen molar-refractivity contribution in [3.63, 3.8) is 0 Å². The number of rotatable bonds is 8. The molecule has 14 heteroatoms. The average molecular weight is 549 g/mol. The SMILES string of the molecule is COc1cc(C(=O)OC(C)(C)C)ccc1O[C@@H]1O[C@H](CO)[C@@H](O[C@@H]2O[C@H](CO)[C@H](O)[C@H](O)[C@H]2O)[C@H](O)[C@H]1O. The third-order valence-electron chi connectivity index (χ3n) is 6.00. The highest BCUT2D eigenvalue weighted by Gasteiger charge is 2.51. The third-order valence-corrected chi connectivity index (χ3v) is 6.00. The summed E-state index contributed by atoms with van der Waals surface area (Å²) in [5, 5.41) is 70.8. The molecule has 2 aliphatic heterocycles. The van der Waals surface area contributed by atoms with E-state index in [0.717, 1.165) is 0 Å². The van der Waals surface area contributed by atoms with Crippen LogP contribution in [0.15, 0.2) is 18.2 Å². The number of ether oxygens (including phenoxy) is 6. The van der Waals surface area contributed by atoms with Crippen molar-refractivity contribution in [3.05, 3.63) is 23.8 Å². The number of hydrogen-bond donors (Lipinski definition) is 7. The van der Waals surface area contributed by atoms with E-state index >= 15 is 0 Å². The van der Waals surface area contributed by atoms with Crippen LogP contribution >= 0.6 is 0 Å². The highest BCUT2D eigenvalue weighted by molar-refractivity contribution is 5.90. The van der Waals surface area contributed by atoms with E-state index < -0.39 is 86.2 Å². The monoisotopic (exact) mass is 548 g/mol. The van der Waals surface area contributed by atoms with Crippen molar-refractivity contribution in [1.29, 1.82) is 0 Å². The Kier molecular flexibility index (Phi) is 9.92. The summed E-state index contributed by atoms with van der Waals surface area (Å²) in [7, 11) is 1.33. The van der Waals surface area contributed by atoms with Crippen LogP contribution in [0, 0.1) is 0 Å². The minimum absolute atomic E-state index is 0.0426. The van der Waals surface area contributed by atoms with Crippen LogP contribution in [-0.4, -0.2) is 129 Å². The van der Waals surface area contributed by atoms with Crippen LogP contribution in [0.2, 0.25) is 0 Å². The predicted octanol–water partition coefficient (Wildman–Crippen LogP) is -2.35. The van der Waals surface area contributed by atoms with Gasteiger partial charge in [-0.05, 0) is 39.0 Å². The fourth-order valence-electron chi connectivity index (χ4n) is 4.01. The lowest BCUT2D eigenvalue weighted by Gasteiger charge is -2.45. The molecule has 2 fully saturated rings. The quantitative estimate of drug-likeness (QED) is 0.170. The normalized spacial score (nSPS) is 36.0. The number of hydrogen-bond acceptors (Lipinski definition) is 14. The first-order valence-corrected chi connectivity index (χ1v) is 12.0. The number of esters is 1. The fourth-order valence-corrected chi connectivity index (χ4v) is 4.01. The van der Waals surface area contributed by atoms with Crippen molar-refractivity contribution in [2.45, 2.75) is 87.8 Å². The van der Waals surface area contributed by atoms with E-state index in [1.807, 2.05) is 0 Å². The van der Waals surface area contributed by atoms with Crippen LogP contribution in [0.3, 0.4) is 0 Å². The van der Waals surface area contributed by atoms with Crippen LogP contribution in [0.5, 0.6) is 11.5 Å². The first-order chi connectivity index (χ1) is 17.8. The van der Waals surface area contributed by atoms with Gasteiger partial charge in [0.1, 0.15) is 54.4 Å². The molecule has 1 aromatic rings. The Morgan fingerprint density at radius 1 is 0.842 bits per heavy atom. The Morgan fingerprint density at radius 3 is 2.03 bits per heavy atom. The zero-order chi connectivity index (χ0) is 28.4. The van der Waals surface area contributed by atoms with E-state index in [1.54, 1.807) is 20.8 Å². The molecule has 38 heavy (non-hydrogen) atoms. The number of carbonyl (C=O) groups is 1. The van der Waals surface area contributed by atoms with E-state index in [4.69, 9.17) is 28.4 Å². The molecule has 0 unspecified atom stereocenters. The molecule has 7 N–H and O–H groups in total. The van der Waals surface area contributed by atoms with Gasteiger partial charge in [-0.3, -0.25) is 0 Å². The van der Waals surface area contributed by atoms with Crippen molar-refractivity contribution in [2.24, 2.45) is 0 Å². The Labute approximate surface area is 218 Å². The second kappa shape index (κ2) is 12.4. The van der Waals surface area contributed by atoms with E-state index in [2.05, 4.69) is 0 Å². The average Bonchev–Trinajstić information content (AvgIpc) is 2.87. The highest BCUT2D eigenvalue weighted by atomic mass is 16.7. The number of aliphatic hydroxyl groups excluding tert-OH is 7. The Balaban J connectivity index is 1.74. The lowest BCUT2D eigenvalue weighted by molar-refractivity contribution is -0.352. The summed E-state index contributed by atoms with van der Waals surface area (Å²) in [4.78, 5) is 12.4. The Hall–Kier alpha value is -2.11. The number of benzene rings is 1. The zero-order valence-corrected chi connectivity index (χ0v) is 21.4. The van der Waals surface area contributed by atoms with Crippen molar-refractivity contribution >= 4 is 5.97 Å². The molecule has 2 heterocycles. The van der Waals surface area contributed by atoms with Gasteiger partial charge in [0.2, 0.25) is 6.29 Å². The van der Waals surface area contributed by atoms with E-state index in [1.165, 1.54) is 25.3 Å². The molecule has 0 aliphatic carbocycles. The maximum Gasteiger partial charge on any atom is 0.338 e. The molecule has 2 aliphatic rings. The molecule has 1 aromatic carbocycles. The minimum Gasteiger partial charge on any atom is -0.493 e. The van der Waals surface area contributed by atoms with Crippen LogP contribution < -0.4 is 9.47 Å². The van der Waals surface area contributed by atoms with Crippen molar-refractivity contribution < 1.29 is 69.0 Å². The highest BCUT2D eigenvalue weighted by Crippen LogP contribution is 2.34. The summed E-state index contributed by atoms with van der Waals surface area (Å²) in [5.74, 6) is -0.458. The van der Waals surface area contributed by atoms with Crippen LogP contribution in [-0.2, 0) is 18.9 Å². The van der Waals surface area contributed by atoms with Gasteiger partial charge in [0, 0.05) is 0 Å². The summed E-state index contributed by atoms with van der Waals surface area (Å²) in [6, 6.07) is 4.15. The van der Waals surface area contributed by atoms with Crippen molar-refractivity contribution in [1.82, 2.24) is 0 Å². The summed E-state index contributed by atoms with van der Waals surface area (Å²) in [6.45, 7) is 3.74. The summed E-state index contributed by atoms with van der Waals surface area (Å²) < 4.78 is 32.7. The van der Waals surface area contributed by atoms with Crippen LogP contribution in [0.4, 0.5) is 0 Å². The first kappa shape index (κ1) is 30.4. The lowest BCUT2D eigenvalue weighted by Crippen LogP contribution is -2.65. The summed E-state index contributed by atoms with van der Waals surface area (Å²) >= 11 is 0. The van der Waals surface area contributed by atoms with E-state index in [0.29, 0.717) is 0 Å². The first-order valence-electron chi connectivity index (χ1n) is 12.0. The maximum absolute atomic E-state index is 12.4. The largest absolute Gasteiger partial charge is 0.493 e. The molecule has 0 radical (unpaired) electrons. The van der Waals surface area contributed by atoms with Crippen molar-refractivity contribution in [3.8, 4) is 11.5 Å². The van der Waals surface area contributed by atoms with Crippen molar-refractivity contribution in [2.75, 3.05) is 20.3 Å². The van der Waals surface area contributed by atoms with Gasteiger partial charge in [0.15, 0.2) is 17.8 Å². The second-order valence-electron chi connectivity index (χ2n) is 9.99. The summed E-state index contributed by atoms with van der Waals surface area (Å²) in [5.41, 5.74) is -0.543. The van der Waals surface area contributed by atoms with Gasteiger partial charge in [0.05, 0.1) is 25.9 Å². The molecule has 2 saturated heterocycles. The maximum atomic E-state index is 12.4. The van der Waals surface area contributed by atoms with Crippen LogP contribution in [0.1, 0.15) is 31.1 Å². The molecule has 0 amide bonds. The molecule has 0 spiro atoms. The van der Waals surface area contributed by atoms with E-state index in [9.17, 15) is 40.5 Å². The molecule has 0 saturated carbocycles. The van der Waals surface area contributed by atoms with Gasteiger partial charge in [-0.1, -0.05) is 0 Å².